The summed E-state index contributed by atoms with van der Waals surface area (Å²) in [5.74, 6) is 3.36. The third kappa shape index (κ3) is 3.57. The monoisotopic (exact) mass is 322 g/mol. The zero-order valence-electron chi connectivity index (χ0n) is 14.9. The molecule has 0 saturated carbocycles. The first-order chi connectivity index (χ1) is 11.5. The molecule has 3 rings (SSSR count). The molecule has 0 unspecified atom stereocenters. The topological polar surface area (TPSA) is 44.1 Å². The van der Waals surface area contributed by atoms with E-state index in [9.17, 15) is 4.79 Å². The fourth-order valence-corrected chi connectivity index (χ4v) is 4.06. The minimum absolute atomic E-state index is 0.101. The predicted molar refractivity (Wildman–Crippen MR) is 98.1 cm³/mol. The van der Waals surface area contributed by atoms with Gasteiger partial charge < -0.3 is 0 Å². The first-order valence-corrected chi connectivity index (χ1v) is 9.28. The standard InChI is InChI=1S/C20H27BN2O/c1-3-19(24)20(2)8-10-23(11-9-20)14-16-4-6-17(7-5-16)18-12-21(13-18)15-22/h4-7,18H,3,8-14H2,1-2H3. The van der Waals surface area contributed by atoms with Crippen LogP contribution in [-0.4, -0.2) is 30.5 Å². The SMILES string of the molecule is CCC(=O)C1(C)CCN(Cc2ccc(C3CB(C#N)C3)cc2)CC1. The molecule has 2 saturated heterocycles. The maximum absolute atomic E-state index is 12.1. The largest absolute Gasteiger partial charge is 0.299 e. The summed E-state index contributed by atoms with van der Waals surface area (Å²) < 4.78 is 0. The summed E-state index contributed by atoms with van der Waals surface area (Å²) in [6.07, 6.45) is 4.66. The molecular formula is C20H27BN2O. The first-order valence-electron chi connectivity index (χ1n) is 9.28. The summed E-state index contributed by atoms with van der Waals surface area (Å²) in [5, 5.41) is 8.89. The molecule has 0 amide bonds. The number of hydrogen-bond donors (Lipinski definition) is 0. The molecule has 4 heteroatoms. The minimum Gasteiger partial charge on any atom is -0.299 e. The lowest BCUT2D eigenvalue weighted by molar-refractivity contribution is -0.130. The van der Waals surface area contributed by atoms with Gasteiger partial charge in [0.25, 0.3) is 6.71 Å². The van der Waals surface area contributed by atoms with Crippen LogP contribution < -0.4 is 0 Å². The highest BCUT2D eigenvalue weighted by Crippen LogP contribution is 2.38. The maximum atomic E-state index is 12.1. The molecule has 0 atom stereocenters. The van der Waals surface area contributed by atoms with Crippen molar-refractivity contribution >= 4 is 12.5 Å². The van der Waals surface area contributed by atoms with Crippen molar-refractivity contribution in [1.29, 1.82) is 5.26 Å². The molecule has 0 aliphatic carbocycles. The number of nitrogens with zero attached hydrogens (tertiary/aromatic N) is 2. The van der Waals surface area contributed by atoms with E-state index in [0.717, 1.165) is 45.1 Å². The van der Waals surface area contributed by atoms with Crippen LogP contribution in [0.15, 0.2) is 24.3 Å². The van der Waals surface area contributed by atoms with E-state index < -0.39 is 0 Å². The van der Waals surface area contributed by atoms with Gasteiger partial charge in [-0.1, -0.05) is 50.8 Å². The van der Waals surface area contributed by atoms with Crippen molar-refractivity contribution in [1.82, 2.24) is 4.90 Å². The van der Waals surface area contributed by atoms with Crippen LogP contribution in [-0.2, 0) is 11.3 Å². The minimum atomic E-state index is -0.101. The van der Waals surface area contributed by atoms with Crippen molar-refractivity contribution in [3.05, 3.63) is 35.4 Å². The smallest absolute Gasteiger partial charge is 0.269 e. The Hall–Kier alpha value is -1.60. The number of Topliss-reactive ketones (excluding diaryl/α,β-unsaturated/α-hetero) is 1. The molecule has 0 aromatic heterocycles. The summed E-state index contributed by atoms with van der Waals surface area (Å²) >= 11 is 0. The summed E-state index contributed by atoms with van der Waals surface area (Å²) in [5.41, 5.74) is 2.63. The van der Waals surface area contributed by atoms with E-state index in [0.29, 0.717) is 18.1 Å². The lowest BCUT2D eigenvalue weighted by atomic mass is 9.32. The lowest BCUT2D eigenvalue weighted by Crippen LogP contribution is -2.42. The molecule has 0 radical (unpaired) electrons. The first kappa shape index (κ1) is 17.2. The number of carbonyl (C=O) groups excluding carboxylic acids is 1. The van der Waals surface area contributed by atoms with Gasteiger partial charge in [-0.05, 0) is 43.0 Å². The van der Waals surface area contributed by atoms with Gasteiger partial charge in [0.15, 0.2) is 0 Å². The summed E-state index contributed by atoms with van der Waals surface area (Å²) in [7, 11) is 0. The molecule has 2 heterocycles. The third-order valence-electron chi connectivity index (χ3n) is 6.13. The van der Waals surface area contributed by atoms with Crippen LogP contribution in [0.2, 0.25) is 12.6 Å². The zero-order valence-corrected chi connectivity index (χ0v) is 14.9. The molecule has 0 N–H and O–H groups in total. The second kappa shape index (κ2) is 7.11. The van der Waals surface area contributed by atoms with Gasteiger partial charge in [0.1, 0.15) is 5.78 Å². The van der Waals surface area contributed by atoms with Crippen LogP contribution >= 0.6 is 0 Å². The number of carbonyl (C=O) groups is 1. The van der Waals surface area contributed by atoms with Gasteiger partial charge >= 0.3 is 0 Å². The molecule has 0 bridgehead atoms. The van der Waals surface area contributed by atoms with Crippen molar-refractivity contribution in [2.24, 2.45) is 5.41 Å². The van der Waals surface area contributed by atoms with Crippen LogP contribution in [0.5, 0.6) is 0 Å². The number of rotatable bonds is 5. The molecule has 24 heavy (non-hydrogen) atoms. The van der Waals surface area contributed by atoms with Gasteiger partial charge in [0.2, 0.25) is 0 Å². The van der Waals surface area contributed by atoms with Crippen LogP contribution in [0.3, 0.4) is 0 Å². The lowest BCUT2D eigenvalue weighted by Gasteiger charge is -2.38. The van der Waals surface area contributed by atoms with Crippen molar-refractivity contribution in [3.63, 3.8) is 0 Å². The Bertz CT molecular complexity index is 620. The van der Waals surface area contributed by atoms with E-state index in [1.54, 1.807) is 0 Å². The van der Waals surface area contributed by atoms with Crippen molar-refractivity contribution < 1.29 is 4.79 Å². The van der Waals surface area contributed by atoms with E-state index in [2.05, 4.69) is 42.1 Å². The Morgan fingerprint density at radius 1 is 1.29 bits per heavy atom. The Morgan fingerprint density at radius 3 is 2.46 bits per heavy atom. The van der Waals surface area contributed by atoms with Crippen molar-refractivity contribution in [3.8, 4) is 5.97 Å². The van der Waals surface area contributed by atoms with Gasteiger partial charge in [-0.3, -0.25) is 9.69 Å². The maximum Gasteiger partial charge on any atom is 0.269 e. The number of nitriles is 1. The molecule has 1 aromatic rings. The van der Waals surface area contributed by atoms with Gasteiger partial charge in [-0.2, -0.15) is 0 Å². The summed E-state index contributed by atoms with van der Waals surface area (Å²) in [4.78, 5) is 14.6. The van der Waals surface area contributed by atoms with E-state index in [1.165, 1.54) is 11.1 Å². The summed E-state index contributed by atoms with van der Waals surface area (Å²) in [6.45, 7) is 7.37. The highest BCUT2D eigenvalue weighted by molar-refractivity contribution is 6.70. The quantitative estimate of drug-likeness (QED) is 0.772. The number of benzene rings is 1. The Kier molecular flexibility index (Phi) is 5.11. The fraction of sp³-hybridized carbons (Fsp3) is 0.600. The molecule has 3 nitrogen and oxygen atoms in total. The molecule has 2 aliphatic heterocycles. The van der Waals surface area contributed by atoms with Crippen LogP contribution in [0.4, 0.5) is 0 Å². The molecule has 1 aromatic carbocycles. The highest BCUT2D eigenvalue weighted by atomic mass is 16.1. The predicted octanol–water partition coefficient (Wildman–Crippen LogP) is 3.92. The van der Waals surface area contributed by atoms with Gasteiger partial charge in [0, 0.05) is 24.3 Å². The number of ketones is 1. The highest BCUT2D eigenvalue weighted by Gasteiger charge is 2.35. The molecule has 2 fully saturated rings. The average Bonchev–Trinajstić information content (AvgIpc) is 2.57. The Labute approximate surface area is 146 Å². The molecule has 0 spiro atoms. The van der Waals surface area contributed by atoms with Crippen LogP contribution in [0.25, 0.3) is 0 Å². The van der Waals surface area contributed by atoms with Gasteiger partial charge in [-0.25, -0.2) is 5.26 Å². The van der Waals surface area contributed by atoms with E-state index in [-0.39, 0.29) is 12.1 Å². The Morgan fingerprint density at radius 2 is 1.92 bits per heavy atom. The van der Waals surface area contributed by atoms with Crippen LogP contribution in [0, 0.1) is 16.6 Å². The molecule has 126 valence electrons. The van der Waals surface area contributed by atoms with Crippen LogP contribution in [0.1, 0.15) is 50.2 Å². The second-order valence-corrected chi connectivity index (χ2v) is 7.85. The average molecular weight is 322 g/mol. The molecule has 2 aliphatic rings. The number of piperidine rings is 1. The van der Waals surface area contributed by atoms with Gasteiger partial charge in [-0.15, -0.1) is 0 Å². The number of likely N-dealkylation sites (tertiary alicyclic amines) is 1. The molecular weight excluding hydrogens is 295 g/mol. The normalized spacial score (nSPS) is 21.1. The third-order valence-corrected chi connectivity index (χ3v) is 6.13. The number of hydrogen-bond acceptors (Lipinski definition) is 3. The Balaban J connectivity index is 1.51. The van der Waals surface area contributed by atoms with Gasteiger partial charge in [0.05, 0.1) is 0 Å². The van der Waals surface area contributed by atoms with E-state index >= 15 is 0 Å². The second-order valence-electron chi connectivity index (χ2n) is 7.85. The fourth-order valence-electron chi connectivity index (χ4n) is 4.06. The van der Waals surface area contributed by atoms with E-state index in [4.69, 9.17) is 5.26 Å². The van der Waals surface area contributed by atoms with Crippen molar-refractivity contribution in [2.75, 3.05) is 13.1 Å². The van der Waals surface area contributed by atoms with E-state index in [1.807, 2.05) is 6.92 Å². The van der Waals surface area contributed by atoms with Crippen molar-refractivity contribution in [2.45, 2.75) is 58.2 Å². The summed E-state index contributed by atoms with van der Waals surface area (Å²) in [6, 6.07) is 8.95. The zero-order chi connectivity index (χ0) is 17.2.